The Kier molecular flexibility index (Phi) is 3.22. The van der Waals surface area contributed by atoms with Gasteiger partial charge in [-0.15, -0.1) is 11.3 Å². The summed E-state index contributed by atoms with van der Waals surface area (Å²) in [6.07, 6.45) is 2.32. The fourth-order valence-corrected chi connectivity index (χ4v) is 3.06. The van der Waals surface area contributed by atoms with E-state index in [1.165, 1.54) is 11.3 Å². The highest BCUT2D eigenvalue weighted by Crippen LogP contribution is 2.44. The van der Waals surface area contributed by atoms with Crippen LogP contribution in [0.1, 0.15) is 36.3 Å². The Hall–Kier alpha value is -1.86. The van der Waals surface area contributed by atoms with Gasteiger partial charge in [-0.05, 0) is 31.9 Å². The van der Waals surface area contributed by atoms with Crippen LogP contribution in [-0.4, -0.2) is 11.6 Å². The van der Waals surface area contributed by atoms with Crippen LogP contribution in [0.5, 0.6) is 5.75 Å². The molecule has 1 aromatic carbocycles. The molecular formula is C15H14N2OS. The van der Waals surface area contributed by atoms with Gasteiger partial charge in [-0.25, -0.2) is 4.98 Å². The largest absolute Gasteiger partial charge is 0.493 e. The van der Waals surface area contributed by atoms with Gasteiger partial charge in [0.1, 0.15) is 21.7 Å². The molecule has 3 nitrogen and oxygen atoms in total. The highest BCUT2D eigenvalue weighted by Gasteiger charge is 2.30. The smallest absolute Gasteiger partial charge is 0.129 e. The van der Waals surface area contributed by atoms with Gasteiger partial charge in [-0.3, -0.25) is 0 Å². The number of rotatable bonds is 4. The molecule has 0 atom stereocenters. The third-order valence-electron chi connectivity index (χ3n) is 3.14. The summed E-state index contributed by atoms with van der Waals surface area (Å²) in [5.41, 5.74) is 1.96. The molecule has 0 aliphatic heterocycles. The number of benzene rings is 1. The maximum Gasteiger partial charge on any atom is 0.129 e. The molecule has 1 aromatic heterocycles. The fourth-order valence-electron chi connectivity index (χ4n) is 2.09. The van der Waals surface area contributed by atoms with Crippen molar-refractivity contribution in [2.75, 3.05) is 6.61 Å². The Balaban J connectivity index is 2.05. The normalized spacial score (nSPS) is 14.1. The minimum Gasteiger partial charge on any atom is -0.493 e. The first-order valence-electron chi connectivity index (χ1n) is 6.46. The highest BCUT2D eigenvalue weighted by molar-refractivity contribution is 7.15. The van der Waals surface area contributed by atoms with E-state index in [-0.39, 0.29) is 0 Å². The molecule has 1 aliphatic rings. The van der Waals surface area contributed by atoms with Gasteiger partial charge in [0.25, 0.3) is 0 Å². The molecule has 0 unspecified atom stereocenters. The minimum atomic E-state index is 0.499. The first-order chi connectivity index (χ1) is 9.33. The minimum absolute atomic E-state index is 0.499. The van der Waals surface area contributed by atoms with Gasteiger partial charge in [0.15, 0.2) is 0 Å². The lowest BCUT2D eigenvalue weighted by atomic mass is 10.2. The maximum atomic E-state index is 9.22. The van der Waals surface area contributed by atoms with Crippen LogP contribution in [0.25, 0.3) is 10.6 Å². The maximum absolute atomic E-state index is 9.22. The zero-order valence-electron chi connectivity index (χ0n) is 10.7. The van der Waals surface area contributed by atoms with Gasteiger partial charge >= 0.3 is 0 Å². The predicted octanol–water partition coefficient (Wildman–Crippen LogP) is 3.96. The van der Waals surface area contributed by atoms with E-state index in [9.17, 15) is 5.26 Å². The molecule has 1 saturated carbocycles. The fraction of sp³-hybridized carbons (Fsp3) is 0.333. The van der Waals surface area contributed by atoms with Crippen LogP contribution in [0.15, 0.2) is 24.3 Å². The average Bonchev–Trinajstić information content (AvgIpc) is 3.19. The molecule has 0 radical (unpaired) electrons. The second-order valence-electron chi connectivity index (χ2n) is 4.55. The van der Waals surface area contributed by atoms with Crippen LogP contribution in [0, 0.1) is 11.3 Å². The van der Waals surface area contributed by atoms with Crippen molar-refractivity contribution in [3.63, 3.8) is 0 Å². The Morgan fingerprint density at radius 3 is 2.89 bits per heavy atom. The second-order valence-corrected chi connectivity index (χ2v) is 5.55. The standard InChI is InChI=1S/C15H14N2OS/c1-2-18-12-6-4-3-5-11(12)15-17-14(10-7-8-10)13(9-16)19-15/h3-6,10H,2,7-8H2,1H3. The van der Waals surface area contributed by atoms with E-state index in [2.05, 4.69) is 11.1 Å². The van der Waals surface area contributed by atoms with E-state index < -0.39 is 0 Å². The summed E-state index contributed by atoms with van der Waals surface area (Å²) in [6, 6.07) is 10.2. The highest BCUT2D eigenvalue weighted by atomic mass is 32.1. The van der Waals surface area contributed by atoms with Crippen molar-refractivity contribution < 1.29 is 4.74 Å². The van der Waals surface area contributed by atoms with Gasteiger partial charge in [0, 0.05) is 5.92 Å². The SMILES string of the molecule is CCOc1ccccc1-c1nc(C2CC2)c(C#N)s1. The van der Waals surface area contributed by atoms with E-state index >= 15 is 0 Å². The average molecular weight is 270 g/mol. The van der Waals surface area contributed by atoms with E-state index in [1.807, 2.05) is 31.2 Å². The van der Waals surface area contributed by atoms with Crippen molar-refractivity contribution in [2.45, 2.75) is 25.7 Å². The number of hydrogen-bond donors (Lipinski definition) is 0. The van der Waals surface area contributed by atoms with Crippen molar-refractivity contribution in [1.29, 1.82) is 5.26 Å². The summed E-state index contributed by atoms with van der Waals surface area (Å²) in [6.45, 7) is 2.60. The summed E-state index contributed by atoms with van der Waals surface area (Å²) in [5, 5.41) is 10.1. The number of ether oxygens (including phenoxy) is 1. The van der Waals surface area contributed by atoms with Gasteiger partial charge in [-0.1, -0.05) is 12.1 Å². The molecule has 0 saturated heterocycles. The van der Waals surface area contributed by atoms with E-state index in [1.54, 1.807) is 0 Å². The van der Waals surface area contributed by atoms with Crippen molar-refractivity contribution in [2.24, 2.45) is 0 Å². The summed E-state index contributed by atoms with van der Waals surface area (Å²) in [7, 11) is 0. The number of thiazole rings is 1. The molecule has 2 aromatic rings. The van der Waals surface area contributed by atoms with Crippen LogP contribution in [0.4, 0.5) is 0 Å². The van der Waals surface area contributed by atoms with Crippen LogP contribution in [-0.2, 0) is 0 Å². The van der Waals surface area contributed by atoms with Crippen LogP contribution < -0.4 is 4.74 Å². The van der Waals surface area contributed by atoms with Gasteiger partial charge in [0.05, 0.1) is 17.9 Å². The first-order valence-corrected chi connectivity index (χ1v) is 7.28. The third-order valence-corrected chi connectivity index (χ3v) is 4.15. The van der Waals surface area contributed by atoms with Crippen molar-refractivity contribution >= 4 is 11.3 Å². The van der Waals surface area contributed by atoms with Crippen LogP contribution >= 0.6 is 11.3 Å². The summed E-state index contributed by atoms with van der Waals surface area (Å²) >= 11 is 1.47. The molecule has 0 amide bonds. The monoisotopic (exact) mass is 270 g/mol. The Morgan fingerprint density at radius 2 is 2.21 bits per heavy atom. The van der Waals surface area contributed by atoms with E-state index in [0.717, 1.165) is 39.7 Å². The van der Waals surface area contributed by atoms with E-state index in [0.29, 0.717) is 12.5 Å². The molecule has 96 valence electrons. The lowest BCUT2D eigenvalue weighted by Gasteiger charge is -2.07. The Labute approximate surface area is 116 Å². The number of nitrogens with zero attached hydrogens (tertiary/aromatic N) is 2. The zero-order valence-corrected chi connectivity index (χ0v) is 11.5. The van der Waals surface area contributed by atoms with E-state index in [4.69, 9.17) is 4.74 Å². The third kappa shape index (κ3) is 2.34. The molecule has 0 spiro atoms. The van der Waals surface area contributed by atoms with Crippen molar-refractivity contribution in [1.82, 2.24) is 4.98 Å². The molecule has 0 N–H and O–H groups in total. The predicted molar refractivity (Wildman–Crippen MR) is 75.4 cm³/mol. The second kappa shape index (κ2) is 5.02. The molecule has 1 aliphatic carbocycles. The van der Waals surface area contributed by atoms with Crippen LogP contribution in [0.3, 0.4) is 0 Å². The molecule has 4 heteroatoms. The molecule has 0 bridgehead atoms. The molecule has 1 heterocycles. The Bertz CT molecular complexity index is 638. The lowest BCUT2D eigenvalue weighted by Crippen LogP contribution is -1.93. The van der Waals surface area contributed by atoms with Crippen molar-refractivity contribution in [3.05, 3.63) is 34.8 Å². The van der Waals surface area contributed by atoms with Crippen LogP contribution in [0.2, 0.25) is 0 Å². The lowest BCUT2D eigenvalue weighted by molar-refractivity contribution is 0.341. The van der Waals surface area contributed by atoms with Crippen molar-refractivity contribution in [3.8, 4) is 22.4 Å². The number of hydrogen-bond acceptors (Lipinski definition) is 4. The molecule has 1 fully saturated rings. The summed E-state index contributed by atoms with van der Waals surface area (Å²) in [4.78, 5) is 5.43. The number of nitriles is 1. The molecular weight excluding hydrogens is 256 g/mol. The Morgan fingerprint density at radius 1 is 1.42 bits per heavy atom. The molecule has 3 rings (SSSR count). The quantitative estimate of drug-likeness (QED) is 0.844. The van der Waals surface area contributed by atoms with Gasteiger partial charge in [-0.2, -0.15) is 5.26 Å². The summed E-state index contributed by atoms with van der Waals surface area (Å²) < 4.78 is 5.63. The topological polar surface area (TPSA) is 45.9 Å². The number of para-hydroxylation sites is 1. The molecule has 19 heavy (non-hydrogen) atoms. The number of aromatic nitrogens is 1. The first kappa shape index (κ1) is 12.2. The zero-order chi connectivity index (χ0) is 13.2. The summed E-state index contributed by atoms with van der Waals surface area (Å²) in [5.74, 6) is 1.34. The van der Waals surface area contributed by atoms with Gasteiger partial charge in [0.2, 0.25) is 0 Å². The van der Waals surface area contributed by atoms with Gasteiger partial charge < -0.3 is 4.74 Å².